The number of hydrogen-bond donors (Lipinski definition) is 4. The van der Waals surface area contributed by atoms with Crippen molar-refractivity contribution in [1.29, 1.82) is 0 Å². The first-order chi connectivity index (χ1) is 19.9. The summed E-state index contributed by atoms with van der Waals surface area (Å²) in [5, 5.41) is 40.3. The summed E-state index contributed by atoms with van der Waals surface area (Å²) in [6.45, 7) is 8.36. The Morgan fingerprint density at radius 2 is 0.829 bits per heavy atom. The lowest BCUT2D eigenvalue weighted by Crippen LogP contribution is -2.28. The Morgan fingerprint density at radius 3 is 1.17 bits per heavy atom. The van der Waals surface area contributed by atoms with Crippen LogP contribution < -0.4 is 0 Å². The zero-order valence-corrected chi connectivity index (χ0v) is 24.1. The second-order valence-electron chi connectivity index (χ2n) is 9.77. The zero-order valence-electron chi connectivity index (χ0n) is 24.1. The Hall–Kier alpha value is -4.70. The van der Waals surface area contributed by atoms with E-state index in [0.717, 1.165) is 46.2 Å². The van der Waals surface area contributed by atoms with Crippen molar-refractivity contribution in [2.24, 2.45) is 0 Å². The van der Waals surface area contributed by atoms with Gasteiger partial charge in [0.15, 0.2) is 23.0 Å². The van der Waals surface area contributed by atoms with Crippen LogP contribution in [-0.2, 0) is 18.3 Å². The number of benzene rings is 5. The van der Waals surface area contributed by atoms with Crippen molar-refractivity contribution in [3.63, 3.8) is 0 Å². The normalized spacial score (nSPS) is 12.2. The molecule has 0 fully saturated rings. The van der Waals surface area contributed by atoms with Crippen LogP contribution in [0.2, 0.25) is 0 Å². The van der Waals surface area contributed by atoms with Gasteiger partial charge in [0.05, 0.1) is 5.41 Å². The lowest BCUT2D eigenvalue weighted by Gasteiger charge is -2.34. The molecule has 5 aromatic carbocycles. The second kappa shape index (κ2) is 12.6. The third-order valence-electron chi connectivity index (χ3n) is 7.61. The van der Waals surface area contributed by atoms with E-state index >= 15 is 0 Å². The molecule has 4 nitrogen and oxygen atoms in total. The van der Waals surface area contributed by atoms with Crippen molar-refractivity contribution in [2.75, 3.05) is 0 Å². The van der Waals surface area contributed by atoms with E-state index in [1.165, 1.54) is 23.3 Å². The van der Waals surface area contributed by atoms with Crippen LogP contribution >= 0.6 is 0 Å². The SMILES string of the molecule is CC.CCc1ccc(CC)cc1.Oc1ccc(C2(c3ccc(O)c(O)c3)c3ccccc3-c3ccccc32)cc1O. The Labute approximate surface area is 242 Å². The molecular formula is C37H38O4. The van der Waals surface area contributed by atoms with Crippen LogP contribution in [-0.4, -0.2) is 20.4 Å². The van der Waals surface area contributed by atoms with Crippen LogP contribution in [0.3, 0.4) is 0 Å². The van der Waals surface area contributed by atoms with E-state index in [1.54, 1.807) is 24.3 Å². The Balaban J connectivity index is 0.000000273. The van der Waals surface area contributed by atoms with Gasteiger partial charge in [0, 0.05) is 0 Å². The first kappa shape index (κ1) is 29.3. The van der Waals surface area contributed by atoms with Gasteiger partial charge in [-0.05, 0) is 81.6 Å². The van der Waals surface area contributed by atoms with Gasteiger partial charge in [0.25, 0.3) is 0 Å². The highest BCUT2D eigenvalue weighted by Crippen LogP contribution is 2.57. The minimum absolute atomic E-state index is 0.197. The minimum atomic E-state index is -0.830. The number of phenolic OH excluding ortho intramolecular Hbond substituents is 4. The highest BCUT2D eigenvalue weighted by atomic mass is 16.3. The molecule has 0 bridgehead atoms. The summed E-state index contributed by atoms with van der Waals surface area (Å²) in [6.07, 6.45) is 2.29. The fraction of sp³-hybridized carbons (Fsp3) is 0.189. The van der Waals surface area contributed by atoms with E-state index in [1.807, 2.05) is 50.2 Å². The topological polar surface area (TPSA) is 80.9 Å². The summed E-state index contributed by atoms with van der Waals surface area (Å²) in [7, 11) is 0. The van der Waals surface area contributed by atoms with Crippen molar-refractivity contribution in [2.45, 2.75) is 46.0 Å². The second-order valence-corrected chi connectivity index (χ2v) is 9.77. The predicted molar refractivity (Wildman–Crippen MR) is 167 cm³/mol. The number of aromatic hydroxyl groups is 4. The summed E-state index contributed by atoms with van der Waals surface area (Å²) >= 11 is 0. The summed E-state index contributed by atoms with van der Waals surface area (Å²) in [6, 6.07) is 34.5. The molecule has 0 heterocycles. The lowest BCUT2D eigenvalue weighted by molar-refractivity contribution is 0.401. The van der Waals surface area contributed by atoms with Crippen LogP contribution in [0, 0.1) is 0 Å². The molecule has 0 aromatic heterocycles. The number of hydrogen-bond acceptors (Lipinski definition) is 4. The van der Waals surface area contributed by atoms with E-state index in [-0.39, 0.29) is 23.0 Å². The molecule has 5 aromatic rings. The maximum absolute atomic E-state index is 10.3. The van der Waals surface area contributed by atoms with Gasteiger partial charge >= 0.3 is 0 Å². The Kier molecular flexibility index (Phi) is 9.04. The Bertz CT molecular complexity index is 1500. The third-order valence-corrected chi connectivity index (χ3v) is 7.61. The molecule has 0 saturated heterocycles. The van der Waals surface area contributed by atoms with Gasteiger partial charge in [-0.3, -0.25) is 0 Å². The molecule has 41 heavy (non-hydrogen) atoms. The quantitative estimate of drug-likeness (QED) is 0.167. The molecule has 0 unspecified atom stereocenters. The van der Waals surface area contributed by atoms with Crippen molar-refractivity contribution >= 4 is 0 Å². The lowest BCUT2D eigenvalue weighted by atomic mass is 9.67. The fourth-order valence-corrected chi connectivity index (χ4v) is 5.55. The third kappa shape index (κ3) is 5.38. The molecule has 210 valence electrons. The van der Waals surface area contributed by atoms with Gasteiger partial charge in [-0.15, -0.1) is 0 Å². The molecule has 4 heteroatoms. The van der Waals surface area contributed by atoms with E-state index in [0.29, 0.717) is 0 Å². The van der Waals surface area contributed by atoms with E-state index in [4.69, 9.17) is 0 Å². The molecule has 0 aliphatic heterocycles. The highest BCUT2D eigenvalue weighted by Gasteiger charge is 2.46. The molecule has 6 rings (SSSR count). The van der Waals surface area contributed by atoms with Gasteiger partial charge in [0.2, 0.25) is 0 Å². The fourth-order valence-electron chi connectivity index (χ4n) is 5.55. The van der Waals surface area contributed by atoms with Gasteiger partial charge in [-0.1, -0.05) is 113 Å². The monoisotopic (exact) mass is 546 g/mol. The van der Waals surface area contributed by atoms with Crippen LogP contribution in [0.1, 0.15) is 61.1 Å². The van der Waals surface area contributed by atoms with Crippen LogP contribution in [0.15, 0.2) is 109 Å². The minimum Gasteiger partial charge on any atom is -0.504 e. The molecule has 0 saturated carbocycles. The number of fused-ring (bicyclic) bond motifs is 3. The first-order valence-electron chi connectivity index (χ1n) is 14.2. The van der Waals surface area contributed by atoms with Crippen molar-refractivity contribution in [3.8, 4) is 34.1 Å². The number of aryl methyl sites for hydroxylation is 2. The number of phenols is 4. The van der Waals surface area contributed by atoms with Gasteiger partial charge < -0.3 is 20.4 Å². The molecule has 0 atom stereocenters. The summed E-state index contributed by atoms with van der Waals surface area (Å²) in [5.41, 5.74) is 7.63. The summed E-state index contributed by atoms with van der Waals surface area (Å²) in [5.74, 6) is -0.826. The standard InChI is InChI=1S/C25H18O4.C10H14.C2H6/c26-21-11-9-15(13-23(21)28)25(16-10-12-22(27)24(29)14-16)19-7-3-1-5-17(19)18-6-2-4-8-20(18)25;1-3-9-5-7-10(4-2)8-6-9;1-2/h1-14,26-29H;5-8H,3-4H2,1-2H3;1-2H3. The first-order valence-corrected chi connectivity index (χ1v) is 14.2. The van der Waals surface area contributed by atoms with Crippen molar-refractivity contribution in [1.82, 2.24) is 0 Å². The van der Waals surface area contributed by atoms with E-state index < -0.39 is 5.41 Å². The molecule has 0 amide bonds. The molecular weight excluding hydrogens is 508 g/mol. The largest absolute Gasteiger partial charge is 0.504 e. The Morgan fingerprint density at radius 1 is 0.463 bits per heavy atom. The zero-order chi connectivity index (χ0) is 29.6. The smallest absolute Gasteiger partial charge is 0.157 e. The van der Waals surface area contributed by atoms with Crippen LogP contribution in [0.5, 0.6) is 23.0 Å². The van der Waals surface area contributed by atoms with Gasteiger partial charge in [0.1, 0.15) is 0 Å². The molecule has 0 radical (unpaired) electrons. The maximum Gasteiger partial charge on any atom is 0.157 e. The van der Waals surface area contributed by atoms with Crippen LogP contribution in [0.4, 0.5) is 0 Å². The van der Waals surface area contributed by atoms with Crippen molar-refractivity contribution in [3.05, 3.63) is 143 Å². The molecule has 0 spiro atoms. The summed E-state index contributed by atoms with van der Waals surface area (Å²) < 4.78 is 0. The molecule has 1 aliphatic rings. The van der Waals surface area contributed by atoms with Gasteiger partial charge in [-0.25, -0.2) is 0 Å². The maximum atomic E-state index is 10.3. The summed E-state index contributed by atoms with van der Waals surface area (Å²) in [4.78, 5) is 0. The van der Waals surface area contributed by atoms with E-state index in [2.05, 4.69) is 50.2 Å². The molecule has 4 N–H and O–H groups in total. The van der Waals surface area contributed by atoms with Gasteiger partial charge in [-0.2, -0.15) is 0 Å². The highest BCUT2D eigenvalue weighted by molar-refractivity contribution is 5.86. The average molecular weight is 547 g/mol. The van der Waals surface area contributed by atoms with Crippen LogP contribution in [0.25, 0.3) is 11.1 Å². The van der Waals surface area contributed by atoms with Crippen molar-refractivity contribution < 1.29 is 20.4 Å². The molecule has 1 aliphatic carbocycles. The van der Waals surface area contributed by atoms with E-state index in [9.17, 15) is 20.4 Å². The average Bonchev–Trinajstić information content (AvgIpc) is 3.32. The number of rotatable bonds is 4. The predicted octanol–water partition coefficient (Wildman–Crippen LogP) is 8.71.